The monoisotopic (exact) mass is 466 g/mol. The van der Waals surface area contributed by atoms with Crippen LogP contribution >= 0.6 is 0 Å². The fourth-order valence-corrected chi connectivity index (χ4v) is 2.96. The summed E-state index contributed by atoms with van der Waals surface area (Å²) >= 11 is 0. The Kier molecular flexibility index (Phi) is 6.24. The molecule has 0 saturated heterocycles. The molecule has 12 heteroatoms. The molecule has 1 heterocycles. The van der Waals surface area contributed by atoms with Gasteiger partial charge in [-0.05, 0) is 31.0 Å². The number of alkyl halides is 3. The number of fused-ring (bicyclic) bond motifs is 1. The lowest BCUT2D eigenvalue weighted by atomic mass is 10.1. The van der Waals surface area contributed by atoms with E-state index < -0.39 is 76.7 Å². The SMILES string of the molecule is Cc1cc2c(F)c(OC(F)(F)F)c(F)c(COc3ccc(CCC(=O)O)c(F)c3F)c2o1. The van der Waals surface area contributed by atoms with Crippen LogP contribution in [0.4, 0.5) is 30.7 Å². The third-order valence-corrected chi connectivity index (χ3v) is 4.35. The van der Waals surface area contributed by atoms with Crippen molar-refractivity contribution in [3.8, 4) is 11.5 Å². The van der Waals surface area contributed by atoms with Crippen molar-refractivity contribution in [2.24, 2.45) is 0 Å². The topological polar surface area (TPSA) is 68.9 Å². The molecular formula is C20H13F7O5. The Hall–Kier alpha value is -3.44. The van der Waals surface area contributed by atoms with Crippen LogP contribution in [0, 0.1) is 30.2 Å². The number of ether oxygens (including phenoxy) is 2. The summed E-state index contributed by atoms with van der Waals surface area (Å²) in [5, 5.41) is 8.10. The smallest absolute Gasteiger partial charge is 0.485 e. The number of carboxylic acids is 1. The summed E-state index contributed by atoms with van der Waals surface area (Å²) in [5.41, 5.74) is -1.47. The van der Waals surface area contributed by atoms with Gasteiger partial charge in [-0.15, -0.1) is 13.2 Å². The Morgan fingerprint density at radius 3 is 2.38 bits per heavy atom. The molecule has 0 bridgehead atoms. The van der Waals surface area contributed by atoms with Crippen LogP contribution < -0.4 is 9.47 Å². The van der Waals surface area contributed by atoms with Gasteiger partial charge < -0.3 is 19.0 Å². The van der Waals surface area contributed by atoms with Gasteiger partial charge in [-0.3, -0.25) is 4.79 Å². The van der Waals surface area contributed by atoms with Crippen LogP contribution in [0.5, 0.6) is 11.5 Å². The number of carbonyl (C=O) groups is 1. The molecular weight excluding hydrogens is 453 g/mol. The first-order valence-electron chi connectivity index (χ1n) is 8.86. The lowest BCUT2D eigenvalue weighted by Gasteiger charge is -2.15. The summed E-state index contributed by atoms with van der Waals surface area (Å²) in [4.78, 5) is 10.6. The molecule has 0 fully saturated rings. The van der Waals surface area contributed by atoms with Gasteiger partial charge in [-0.25, -0.2) is 13.2 Å². The van der Waals surface area contributed by atoms with Gasteiger partial charge in [0.15, 0.2) is 23.2 Å². The number of furan rings is 1. The highest BCUT2D eigenvalue weighted by molar-refractivity contribution is 5.84. The van der Waals surface area contributed by atoms with Crippen molar-refractivity contribution < 1.29 is 54.5 Å². The molecule has 0 aliphatic carbocycles. The second-order valence-corrected chi connectivity index (χ2v) is 6.62. The van der Waals surface area contributed by atoms with Crippen LogP contribution in [0.3, 0.4) is 0 Å². The fourth-order valence-electron chi connectivity index (χ4n) is 2.96. The molecule has 0 aliphatic heterocycles. The van der Waals surface area contributed by atoms with Crippen molar-refractivity contribution in [1.82, 2.24) is 0 Å². The first-order chi connectivity index (χ1) is 14.9. The second kappa shape index (κ2) is 8.60. The van der Waals surface area contributed by atoms with Crippen molar-refractivity contribution in [3.05, 3.63) is 58.4 Å². The van der Waals surface area contributed by atoms with Gasteiger partial charge in [-0.2, -0.15) is 4.39 Å². The molecule has 5 nitrogen and oxygen atoms in total. The van der Waals surface area contributed by atoms with E-state index in [4.69, 9.17) is 14.3 Å². The molecule has 0 amide bonds. The summed E-state index contributed by atoms with van der Waals surface area (Å²) in [6.45, 7) is 0.367. The van der Waals surface area contributed by atoms with Crippen LogP contribution in [-0.2, 0) is 17.8 Å². The number of halogens is 7. The maximum atomic E-state index is 14.7. The summed E-state index contributed by atoms with van der Waals surface area (Å²) in [7, 11) is 0. The average Bonchev–Trinajstić information content (AvgIpc) is 3.08. The van der Waals surface area contributed by atoms with Crippen LogP contribution in [-0.4, -0.2) is 17.4 Å². The van der Waals surface area contributed by atoms with Crippen LogP contribution in [0.2, 0.25) is 0 Å². The predicted octanol–water partition coefficient (Wildman–Crippen LogP) is 5.79. The zero-order valence-corrected chi connectivity index (χ0v) is 16.1. The molecule has 3 aromatic rings. The minimum absolute atomic E-state index is 0.0312. The summed E-state index contributed by atoms with van der Waals surface area (Å²) < 4.78 is 109. The highest BCUT2D eigenvalue weighted by Gasteiger charge is 2.36. The summed E-state index contributed by atoms with van der Waals surface area (Å²) in [6, 6.07) is 2.99. The molecule has 1 aromatic heterocycles. The number of aliphatic carboxylic acids is 1. The van der Waals surface area contributed by atoms with Crippen LogP contribution in [0.25, 0.3) is 11.0 Å². The minimum Gasteiger partial charge on any atom is -0.485 e. The zero-order valence-electron chi connectivity index (χ0n) is 16.1. The second-order valence-electron chi connectivity index (χ2n) is 6.62. The molecule has 0 radical (unpaired) electrons. The van der Waals surface area contributed by atoms with E-state index in [0.29, 0.717) is 0 Å². The summed E-state index contributed by atoms with van der Waals surface area (Å²) in [5.74, 6) is -10.1. The maximum absolute atomic E-state index is 14.7. The van der Waals surface area contributed by atoms with E-state index in [1.54, 1.807) is 0 Å². The largest absolute Gasteiger partial charge is 0.573 e. The molecule has 172 valence electrons. The molecule has 2 aromatic carbocycles. The minimum atomic E-state index is -5.41. The van der Waals surface area contributed by atoms with Crippen LogP contribution in [0.15, 0.2) is 22.6 Å². The molecule has 0 spiro atoms. The third kappa shape index (κ3) is 4.73. The van der Waals surface area contributed by atoms with Crippen LogP contribution in [0.1, 0.15) is 23.3 Å². The number of benzene rings is 2. The predicted molar refractivity (Wildman–Crippen MR) is 94.2 cm³/mol. The van der Waals surface area contributed by atoms with Gasteiger partial charge in [-0.1, -0.05) is 6.07 Å². The van der Waals surface area contributed by atoms with Crippen molar-refractivity contribution >= 4 is 16.9 Å². The molecule has 0 unspecified atom stereocenters. The number of hydrogen-bond acceptors (Lipinski definition) is 4. The van der Waals surface area contributed by atoms with Gasteiger partial charge >= 0.3 is 12.3 Å². The number of aryl methyl sites for hydroxylation is 2. The lowest BCUT2D eigenvalue weighted by molar-refractivity contribution is -0.276. The van der Waals surface area contributed by atoms with E-state index in [2.05, 4.69) is 4.74 Å². The Morgan fingerprint density at radius 2 is 1.75 bits per heavy atom. The van der Waals surface area contributed by atoms with Crippen molar-refractivity contribution in [1.29, 1.82) is 0 Å². The lowest BCUT2D eigenvalue weighted by Crippen LogP contribution is -2.19. The zero-order chi connectivity index (χ0) is 23.8. The first kappa shape index (κ1) is 23.2. The first-order valence-corrected chi connectivity index (χ1v) is 8.86. The number of hydrogen-bond donors (Lipinski definition) is 1. The highest BCUT2D eigenvalue weighted by atomic mass is 19.4. The highest BCUT2D eigenvalue weighted by Crippen LogP contribution is 2.38. The van der Waals surface area contributed by atoms with Gasteiger partial charge in [0, 0.05) is 6.42 Å². The number of carboxylic acid groups (broad SMARTS) is 1. The van der Waals surface area contributed by atoms with Gasteiger partial charge in [0.25, 0.3) is 0 Å². The maximum Gasteiger partial charge on any atom is 0.573 e. The Labute approximate surface area is 174 Å². The van der Waals surface area contributed by atoms with E-state index in [1.807, 2.05) is 0 Å². The Morgan fingerprint density at radius 1 is 1.06 bits per heavy atom. The van der Waals surface area contributed by atoms with E-state index in [0.717, 1.165) is 18.2 Å². The van der Waals surface area contributed by atoms with E-state index in [1.165, 1.54) is 6.92 Å². The van der Waals surface area contributed by atoms with Gasteiger partial charge in [0.1, 0.15) is 18.0 Å². The van der Waals surface area contributed by atoms with E-state index in [-0.39, 0.29) is 17.7 Å². The quantitative estimate of drug-likeness (QED) is 0.447. The standard InChI is InChI=1S/C20H13F7O5/c1-8-6-10-15(22)19(32-20(25,26)27)16(23)11(18(10)31-8)7-30-12-4-2-9(3-5-13(28)29)14(21)17(12)24/h2,4,6H,3,5,7H2,1H3,(H,28,29). The molecule has 3 rings (SSSR count). The van der Waals surface area contributed by atoms with E-state index in [9.17, 15) is 35.5 Å². The van der Waals surface area contributed by atoms with E-state index >= 15 is 0 Å². The van der Waals surface area contributed by atoms with Crippen molar-refractivity contribution in [3.63, 3.8) is 0 Å². The molecule has 0 aliphatic rings. The molecule has 1 N–H and O–H groups in total. The fraction of sp³-hybridized carbons (Fsp3) is 0.250. The Balaban J connectivity index is 1.97. The van der Waals surface area contributed by atoms with Gasteiger partial charge in [0.2, 0.25) is 11.6 Å². The van der Waals surface area contributed by atoms with Crippen molar-refractivity contribution in [2.75, 3.05) is 0 Å². The number of rotatable bonds is 7. The van der Waals surface area contributed by atoms with Crippen molar-refractivity contribution in [2.45, 2.75) is 32.7 Å². The normalized spacial score (nSPS) is 11.8. The third-order valence-electron chi connectivity index (χ3n) is 4.35. The Bertz CT molecular complexity index is 1180. The average molecular weight is 466 g/mol. The molecule has 0 saturated carbocycles. The molecule has 32 heavy (non-hydrogen) atoms. The van der Waals surface area contributed by atoms with Gasteiger partial charge in [0.05, 0.1) is 10.9 Å². The summed E-state index contributed by atoms with van der Waals surface area (Å²) in [6.07, 6.45) is -6.18. The molecule has 0 atom stereocenters.